The van der Waals surface area contributed by atoms with Crippen LogP contribution in [0.25, 0.3) is 0 Å². The largest absolute Gasteiger partial charge is 0.347 e. The van der Waals surface area contributed by atoms with Gasteiger partial charge in [0.15, 0.2) is 0 Å². The number of hydrogen-bond donors (Lipinski definition) is 2. The number of sulfonamides is 1. The van der Waals surface area contributed by atoms with Gasteiger partial charge >= 0.3 is 0 Å². The summed E-state index contributed by atoms with van der Waals surface area (Å²) in [5.41, 5.74) is 6.67. The third-order valence-corrected chi connectivity index (χ3v) is 6.83. The van der Waals surface area contributed by atoms with Gasteiger partial charge in [-0.15, -0.1) is 11.3 Å². The molecule has 0 saturated carbocycles. The Balaban J connectivity index is 1.99. The monoisotopic (exact) mass is 396 g/mol. The van der Waals surface area contributed by atoms with Gasteiger partial charge in [0.25, 0.3) is 5.91 Å². The maximum absolute atomic E-state index is 12.5. The number of nitrogens with zero attached hydrogens (tertiary/aromatic N) is 2. The molecule has 0 aliphatic rings. The van der Waals surface area contributed by atoms with E-state index < -0.39 is 10.0 Å². The van der Waals surface area contributed by atoms with Gasteiger partial charge in [0.1, 0.15) is 5.69 Å². The normalized spacial score (nSPS) is 11.7. The minimum Gasteiger partial charge on any atom is -0.347 e. The molecular formula is C17H24N4O3S2. The summed E-state index contributed by atoms with van der Waals surface area (Å²) in [6.45, 7) is 5.27. The van der Waals surface area contributed by atoms with E-state index in [1.807, 2.05) is 13.8 Å². The Morgan fingerprint density at radius 3 is 2.46 bits per heavy atom. The zero-order chi connectivity index (χ0) is 19.2. The molecule has 0 spiro atoms. The zero-order valence-corrected chi connectivity index (χ0v) is 16.6. The first-order valence-electron chi connectivity index (χ1n) is 8.44. The van der Waals surface area contributed by atoms with E-state index in [1.54, 1.807) is 29.6 Å². The SMILES string of the molecule is CCN(CC)S(=O)(=O)c1ccc(CNC(=O)c2csc(CCN)n2)cc1. The molecule has 9 heteroatoms. The average Bonchev–Trinajstić information content (AvgIpc) is 3.10. The number of nitrogens with one attached hydrogen (secondary N) is 1. The van der Waals surface area contributed by atoms with Crippen LogP contribution in [0, 0.1) is 0 Å². The van der Waals surface area contributed by atoms with E-state index in [2.05, 4.69) is 10.3 Å². The Morgan fingerprint density at radius 2 is 1.88 bits per heavy atom. The van der Waals surface area contributed by atoms with E-state index in [9.17, 15) is 13.2 Å². The highest BCUT2D eigenvalue weighted by Gasteiger charge is 2.21. The van der Waals surface area contributed by atoms with Crippen molar-refractivity contribution in [2.75, 3.05) is 19.6 Å². The lowest BCUT2D eigenvalue weighted by Gasteiger charge is -2.18. The first-order valence-corrected chi connectivity index (χ1v) is 10.8. The van der Waals surface area contributed by atoms with Crippen molar-refractivity contribution >= 4 is 27.3 Å². The van der Waals surface area contributed by atoms with Crippen molar-refractivity contribution < 1.29 is 13.2 Å². The van der Waals surface area contributed by atoms with Gasteiger partial charge in [-0.05, 0) is 24.2 Å². The fourth-order valence-corrected chi connectivity index (χ4v) is 4.67. The Kier molecular flexibility index (Phi) is 7.27. The summed E-state index contributed by atoms with van der Waals surface area (Å²) in [5, 5.41) is 5.33. The second-order valence-corrected chi connectivity index (χ2v) is 8.46. The predicted molar refractivity (Wildman–Crippen MR) is 103 cm³/mol. The summed E-state index contributed by atoms with van der Waals surface area (Å²) in [6, 6.07) is 6.55. The number of aromatic nitrogens is 1. The second kappa shape index (κ2) is 9.22. The van der Waals surface area contributed by atoms with E-state index in [-0.39, 0.29) is 10.8 Å². The van der Waals surface area contributed by atoms with Crippen LogP contribution in [-0.4, -0.2) is 43.2 Å². The van der Waals surface area contributed by atoms with Crippen molar-refractivity contribution in [2.45, 2.75) is 31.7 Å². The molecule has 0 atom stereocenters. The topological polar surface area (TPSA) is 105 Å². The first-order chi connectivity index (χ1) is 12.4. The molecule has 1 aromatic carbocycles. The van der Waals surface area contributed by atoms with E-state index in [0.29, 0.717) is 38.3 Å². The van der Waals surface area contributed by atoms with Crippen molar-refractivity contribution in [3.05, 3.63) is 45.9 Å². The summed E-state index contributed by atoms with van der Waals surface area (Å²) in [4.78, 5) is 16.6. The predicted octanol–water partition coefficient (Wildman–Crippen LogP) is 1.60. The first kappa shape index (κ1) is 20.5. The van der Waals surface area contributed by atoms with E-state index >= 15 is 0 Å². The maximum Gasteiger partial charge on any atom is 0.271 e. The minimum absolute atomic E-state index is 0.252. The fourth-order valence-electron chi connectivity index (χ4n) is 2.42. The van der Waals surface area contributed by atoms with Crippen molar-refractivity contribution in [3.63, 3.8) is 0 Å². The lowest BCUT2D eigenvalue weighted by molar-refractivity contribution is 0.0946. The molecule has 0 radical (unpaired) electrons. The van der Waals surface area contributed by atoms with Crippen LogP contribution in [-0.2, 0) is 23.0 Å². The highest BCUT2D eigenvalue weighted by molar-refractivity contribution is 7.89. The van der Waals surface area contributed by atoms with Crippen LogP contribution in [0.1, 0.15) is 34.9 Å². The summed E-state index contributed by atoms with van der Waals surface area (Å²) in [7, 11) is -3.47. The second-order valence-electron chi connectivity index (χ2n) is 5.58. The van der Waals surface area contributed by atoms with Gasteiger partial charge in [0.05, 0.1) is 9.90 Å². The summed E-state index contributed by atoms with van der Waals surface area (Å²) in [5.74, 6) is -0.260. The van der Waals surface area contributed by atoms with Crippen LogP contribution in [0.4, 0.5) is 0 Å². The van der Waals surface area contributed by atoms with Gasteiger partial charge in [-0.2, -0.15) is 4.31 Å². The van der Waals surface area contributed by atoms with Crippen LogP contribution in [0.3, 0.4) is 0 Å². The van der Waals surface area contributed by atoms with Crippen LogP contribution < -0.4 is 11.1 Å². The molecule has 0 bridgehead atoms. The van der Waals surface area contributed by atoms with Crippen molar-refractivity contribution in [3.8, 4) is 0 Å². The third kappa shape index (κ3) is 4.88. The lowest BCUT2D eigenvalue weighted by atomic mass is 10.2. The molecule has 0 saturated heterocycles. The molecule has 1 aromatic heterocycles. The van der Waals surface area contributed by atoms with Gasteiger partial charge in [-0.3, -0.25) is 4.79 Å². The summed E-state index contributed by atoms with van der Waals surface area (Å²) >= 11 is 1.41. The molecule has 0 aliphatic carbocycles. The number of carbonyl (C=O) groups excluding carboxylic acids is 1. The van der Waals surface area contributed by atoms with Crippen molar-refractivity contribution in [1.82, 2.24) is 14.6 Å². The Labute approximate surface area is 158 Å². The molecular weight excluding hydrogens is 372 g/mol. The third-order valence-electron chi connectivity index (χ3n) is 3.86. The van der Waals surface area contributed by atoms with Crippen molar-refractivity contribution in [1.29, 1.82) is 0 Å². The Hall–Kier alpha value is -1.81. The molecule has 142 valence electrons. The van der Waals surface area contributed by atoms with E-state index in [1.165, 1.54) is 15.6 Å². The van der Waals surface area contributed by atoms with Gasteiger partial charge in [0.2, 0.25) is 10.0 Å². The molecule has 1 amide bonds. The number of amides is 1. The zero-order valence-electron chi connectivity index (χ0n) is 14.9. The number of thiazole rings is 1. The molecule has 2 aromatic rings. The number of hydrogen-bond acceptors (Lipinski definition) is 6. The van der Waals surface area contributed by atoms with Crippen LogP contribution in [0.5, 0.6) is 0 Å². The molecule has 0 fully saturated rings. The number of carbonyl (C=O) groups is 1. The van der Waals surface area contributed by atoms with E-state index in [4.69, 9.17) is 5.73 Å². The van der Waals surface area contributed by atoms with Crippen LogP contribution in [0.15, 0.2) is 34.5 Å². The average molecular weight is 397 g/mol. The minimum atomic E-state index is -3.47. The highest BCUT2D eigenvalue weighted by atomic mass is 32.2. The number of nitrogens with two attached hydrogens (primary N) is 1. The Morgan fingerprint density at radius 1 is 1.23 bits per heavy atom. The number of rotatable bonds is 9. The van der Waals surface area contributed by atoms with Crippen LogP contribution >= 0.6 is 11.3 Å². The van der Waals surface area contributed by atoms with Crippen molar-refractivity contribution in [2.24, 2.45) is 5.73 Å². The van der Waals surface area contributed by atoms with Crippen LogP contribution in [0.2, 0.25) is 0 Å². The van der Waals surface area contributed by atoms with Gasteiger partial charge in [0, 0.05) is 31.4 Å². The molecule has 1 heterocycles. The summed E-state index contributed by atoms with van der Waals surface area (Å²) < 4.78 is 26.3. The van der Waals surface area contributed by atoms with Gasteiger partial charge < -0.3 is 11.1 Å². The van der Waals surface area contributed by atoms with E-state index in [0.717, 1.165) is 10.6 Å². The molecule has 0 unspecified atom stereocenters. The Bertz CT molecular complexity index is 828. The van der Waals surface area contributed by atoms with Gasteiger partial charge in [-0.25, -0.2) is 13.4 Å². The number of benzene rings is 1. The smallest absolute Gasteiger partial charge is 0.271 e. The quantitative estimate of drug-likeness (QED) is 0.670. The molecule has 2 rings (SSSR count). The molecule has 7 nitrogen and oxygen atoms in total. The molecule has 3 N–H and O–H groups in total. The highest BCUT2D eigenvalue weighted by Crippen LogP contribution is 2.16. The standard InChI is InChI=1S/C17H24N4O3S2/c1-3-21(4-2)26(23,24)14-7-5-13(6-8-14)11-19-17(22)15-12-25-16(20-15)9-10-18/h5-8,12H,3-4,9-11,18H2,1-2H3,(H,19,22). The maximum atomic E-state index is 12.5. The van der Waals surface area contributed by atoms with Gasteiger partial charge in [-0.1, -0.05) is 26.0 Å². The molecule has 0 aliphatic heterocycles. The summed E-state index contributed by atoms with van der Waals surface area (Å²) in [6.07, 6.45) is 0.653. The lowest BCUT2D eigenvalue weighted by Crippen LogP contribution is -2.30. The molecule has 26 heavy (non-hydrogen) atoms. The fraction of sp³-hybridized carbons (Fsp3) is 0.412.